The van der Waals surface area contributed by atoms with Crippen molar-refractivity contribution in [3.8, 4) is 22.3 Å². The fourth-order valence-corrected chi connectivity index (χ4v) is 8.40. The van der Waals surface area contributed by atoms with E-state index in [-0.39, 0.29) is 5.41 Å². The molecule has 4 fully saturated rings. The SMILES string of the molecule is Brc1cccc(-c2ccc3c(c2)C2(c4ccccc4-3)C3CC4CC(C3)CC2C4)c1. The Kier molecular flexibility index (Phi) is 3.41. The zero-order chi connectivity index (χ0) is 19.2. The molecule has 0 aliphatic heterocycles. The van der Waals surface area contributed by atoms with Crippen LogP contribution in [0.1, 0.15) is 43.2 Å². The Bertz CT molecular complexity index is 1110. The molecule has 5 aliphatic carbocycles. The van der Waals surface area contributed by atoms with E-state index in [4.69, 9.17) is 0 Å². The lowest BCUT2D eigenvalue weighted by Crippen LogP contribution is -2.55. The number of benzene rings is 3. The minimum absolute atomic E-state index is 0.265. The Labute approximate surface area is 181 Å². The molecule has 0 radical (unpaired) electrons. The lowest BCUT2D eigenvalue weighted by Gasteiger charge is -2.61. The van der Waals surface area contributed by atoms with Crippen LogP contribution in [-0.4, -0.2) is 0 Å². The first-order valence-corrected chi connectivity index (χ1v) is 12.0. The maximum Gasteiger partial charge on any atom is 0.0272 e. The van der Waals surface area contributed by atoms with Crippen molar-refractivity contribution in [3.63, 3.8) is 0 Å². The molecule has 1 spiro atoms. The minimum Gasteiger partial charge on any atom is -0.0619 e. The van der Waals surface area contributed by atoms with E-state index >= 15 is 0 Å². The second kappa shape index (κ2) is 5.85. The van der Waals surface area contributed by atoms with Crippen LogP contribution in [0.4, 0.5) is 0 Å². The van der Waals surface area contributed by atoms with Gasteiger partial charge >= 0.3 is 0 Å². The van der Waals surface area contributed by atoms with E-state index < -0.39 is 0 Å². The minimum atomic E-state index is 0.265. The van der Waals surface area contributed by atoms with Crippen LogP contribution in [0, 0.1) is 23.7 Å². The lowest BCUT2D eigenvalue weighted by molar-refractivity contribution is -0.0399. The Hall–Kier alpha value is -1.86. The number of rotatable bonds is 1. The smallest absolute Gasteiger partial charge is 0.0272 e. The fourth-order valence-electron chi connectivity index (χ4n) is 8.00. The van der Waals surface area contributed by atoms with E-state index in [0.29, 0.717) is 0 Å². The number of fused-ring (bicyclic) bond motifs is 3. The maximum atomic E-state index is 3.67. The van der Waals surface area contributed by atoms with Gasteiger partial charge in [-0.05, 0) is 107 Å². The van der Waals surface area contributed by atoms with Crippen LogP contribution in [0.15, 0.2) is 71.2 Å². The van der Waals surface area contributed by atoms with Crippen molar-refractivity contribution in [2.24, 2.45) is 23.7 Å². The highest BCUT2D eigenvalue weighted by Gasteiger charge is 2.61. The molecule has 0 saturated heterocycles. The molecule has 4 saturated carbocycles. The molecule has 3 aromatic carbocycles. The summed E-state index contributed by atoms with van der Waals surface area (Å²) in [6, 6.07) is 25.5. The van der Waals surface area contributed by atoms with Crippen LogP contribution in [-0.2, 0) is 5.41 Å². The molecule has 0 atom stereocenters. The first-order valence-electron chi connectivity index (χ1n) is 11.2. The quantitative estimate of drug-likeness (QED) is 0.361. The standard InChI is InChI=1S/C28H25Br/c29-23-5-3-4-19(15-23)20-8-9-25-24-6-1-2-7-26(24)28(27(25)16-20)21-11-17-10-18(13-21)14-22(28)12-17/h1-9,15-18,21-22H,10-14H2. The van der Waals surface area contributed by atoms with Crippen molar-refractivity contribution in [1.82, 2.24) is 0 Å². The van der Waals surface area contributed by atoms with Gasteiger partial charge in [-0.25, -0.2) is 0 Å². The highest BCUT2D eigenvalue weighted by atomic mass is 79.9. The molecule has 0 N–H and O–H groups in total. The largest absolute Gasteiger partial charge is 0.0619 e. The fraction of sp³-hybridized carbons (Fsp3) is 0.357. The molecule has 5 aliphatic rings. The Morgan fingerprint density at radius 2 is 1.31 bits per heavy atom. The molecule has 29 heavy (non-hydrogen) atoms. The van der Waals surface area contributed by atoms with Crippen LogP contribution in [0.2, 0.25) is 0 Å². The van der Waals surface area contributed by atoms with Crippen LogP contribution >= 0.6 is 15.9 Å². The molecule has 8 rings (SSSR count). The van der Waals surface area contributed by atoms with Crippen LogP contribution in [0.3, 0.4) is 0 Å². The van der Waals surface area contributed by atoms with Crippen molar-refractivity contribution < 1.29 is 0 Å². The van der Waals surface area contributed by atoms with Gasteiger partial charge in [0.1, 0.15) is 0 Å². The normalized spacial score (nSPS) is 33.1. The summed E-state index contributed by atoms with van der Waals surface area (Å²) in [6.45, 7) is 0. The van der Waals surface area contributed by atoms with Crippen molar-refractivity contribution >= 4 is 15.9 Å². The van der Waals surface area contributed by atoms with E-state index in [0.717, 1.165) is 28.1 Å². The van der Waals surface area contributed by atoms with Gasteiger partial charge in [0.25, 0.3) is 0 Å². The molecular formula is C28H25Br. The molecule has 4 bridgehead atoms. The summed E-state index contributed by atoms with van der Waals surface area (Å²) in [7, 11) is 0. The van der Waals surface area contributed by atoms with Gasteiger partial charge in [0.05, 0.1) is 0 Å². The summed E-state index contributed by atoms with van der Waals surface area (Å²) in [5.74, 6) is 3.65. The molecular weight excluding hydrogens is 416 g/mol. The average molecular weight is 441 g/mol. The van der Waals surface area contributed by atoms with Crippen molar-refractivity contribution in [2.75, 3.05) is 0 Å². The third-order valence-corrected chi connectivity index (χ3v) is 9.21. The molecule has 0 nitrogen and oxygen atoms in total. The molecule has 144 valence electrons. The van der Waals surface area contributed by atoms with Gasteiger partial charge in [0.15, 0.2) is 0 Å². The number of halogens is 1. The van der Waals surface area contributed by atoms with E-state index in [9.17, 15) is 0 Å². The van der Waals surface area contributed by atoms with Gasteiger partial charge in [0.2, 0.25) is 0 Å². The molecule has 3 aromatic rings. The summed E-state index contributed by atoms with van der Waals surface area (Å²) in [5.41, 5.74) is 9.26. The highest BCUT2D eigenvalue weighted by Crippen LogP contribution is 2.69. The zero-order valence-corrected chi connectivity index (χ0v) is 18.2. The van der Waals surface area contributed by atoms with Gasteiger partial charge in [-0.1, -0.05) is 64.5 Å². The monoisotopic (exact) mass is 440 g/mol. The van der Waals surface area contributed by atoms with Crippen LogP contribution in [0.5, 0.6) is 0 Å². The second-order valence-electron chi connectivity index (χ2n) is 9.99. The van der Waals surface area contributed by atoms with Crippen molar-refractivity contribution in [3.05, 3.63) is 82.3 Å². The summed E-state index contributed by atoms with van der Waals surface area (Å²) in [6.07, 6.45) is 7.29. The van der Waals surface area contributed by atoms with E-state index in [1.807, 2.05) is 0 Å². The van der Waals surface area contributed by atoms with Gasteiger partial charge in [-0.15, -0.1) is 0 Å². The van der Waals surface area contributed by atoms with Gasteiger partial charge in [-0.3, -0.25) is 0 Å². The van der Waals surface area contributed by atoms with Crippen LogP contribution in [0.25, 0.3) is 22.3 Å². The Morgan fingerprint density at radius 3 is 2.07 bits per heavy atom. The van der Waals surface area contributed by atoms with E-state index in [1.165, 1.54) is 54.4 Å². The summed E-state index contributed by atoms with van der Waals surface area (Å²) >= 11 is 3.67. The number of hydrogen-bond donors (Lipinski definition) is 0. The summed E-state index contributed by atoms with van der Waals surface area (Å²) in [4.78, 5) is 0. The molecule has 0 aromatic heterocycles. The predicted molar refractivity (Wildman–Crippen MR) is 123 cm³/mol. The molecule has 0 unspecified atom stereocenters. The average Bonchev–Trinajstić information content (AvgIpc) is 3.02. The maximum absolute atomic E-state index is 3.67. The zero-order valence-electron chi connectivity index (χ0n) is 16.6. The first kappa shape index (κ1) is 16.9. The Balaban J connectivity index is 1.49. The van der Waals surface area contributed by atoms with E-state index in [2.05, 4.69) is 82.7 Å². The summed E-state index contributed by atoms with van der Waals surface area (Å²) in [5, 5.41) is 0. The first-order chi connectivity index (χ1) is 14.2. The molecule has 1 heteroatoms. The van der Waals surface area contributed by atoms with Crippen molar-refractivity contribution in [1.29, 1.82) is 0 Å². The van der Waals surface area contributed by atoms with Gasteiger partial charge in [0, 0.05) is 9.89 Å². The third kappa shape index (κ3) is 2.15. The predicted octanol–water partition coefficient (Wildman–Crippen LogP) is 7.84. The summed E-state index contributed by atoms with van der Waals surface area (Å²) < 4.78 is 1.16. The van der Waals surface area contributed by atoms with E-state index in [1.54, 1.807) is 11.1 Å². The van der Waals surface area contributed by atoms with Crippen molar-refractivity contribution in [2.45, 2.75) is 37.5 Å². The van der Waals surface area contributed by atoms with Gasteiger partial charge < -0.3 is 0 Å². The van der Waals surface area contributed by atoms with Gasteiger partial charge in [-0.2, -0.15) is 0 Å². The highest BCUT2D eigenvalue weighted by molar-refractivity contribution is 9.10. The lowest BCUT2D eigenvalue weighted by atomic mass is 9.43. The number of hydrogen-bond acceptors (Lipinski definition) is 0. The van der Waals surface area contributed by atoms with Crippen LogP contribution < -0.4 is 0 Å². The molecule has 0 amide bonds. The third-order valence-electron chi connectivity index (χ3n) is 8.71. The molecule has 0 heterocycles. The second-order valence-corrected chi connectivity index (χ2v) is 10.9. The Morgan fingerprint density at radius 1 is 0.621 bits per heavy atom. The topological polar surface area (TPSA) is 0 Å².